The van der Waals surface area contributed by atoms with Crippen molar-refractivity contribution in [3.63, 3.8) is 0 Å². The maximum Gasteiger partial charge on any atom is 0.225 e. The number of nitrogens with one attached hydrogen (secondary N) is 1. The topological polar surface area (TPSA) is 65.5 Å². The van der Waals surface area contributed by atoms with E-state index in [1.165, 1.54) is 4.88 Å². The number of likely N-dealkylation sites (tertiary alicyclic amines) is 1. The number of amides is 1. The highest BCUT2D eigenvalue weighted by Gasteiger charge is 2.54. The molecule has 2 heterocycles. The van der Waals surface area contributed by atoms with Gasteiger partial charge in [0, 0.05) is 35.5 Å². The van der Waals surface area contributed by atoms with Gasteiger partial charge in [0.1, 0.15) is 0 Å². The molecule has 1 aromatic carbocycles. The van der Waals surface area contributed by atoms with Gasteiger partial charge in [-0.1, -0.05) is 39.0 Å². The summed E-state index contributed by atoms with van der Waals surface area (Å²) in [5.41, 5.74) is 2.23. The Morgan fingerprint density at radius 1 is 1.28 bits per heavy atom. The maximum absolute atomic E-state index is 13.1. The first kappa shape index (κ1) is 21.9. The molecule has 1 saturated carbocycles. The number of benzene rings is 1. The number of anilines is 2. The first-order valence-corrected chi connectivity index (χ1v) is 13.0. The number of aromatic nitrogens is 1. The Morgan fingerprint density at radius 3 is 2.72 bits per heavy atom. The molecule has 0 spiro atoms. The Bertz CT molecular complexity index is 971. The van der Waals surface area contributed by atoms with E-state index in [-0.39, 0.29) is 35.0 Å². The summed E-state index contributed by atoms with van der Waals surface area (Å²) in [5.74, 6) is 0.465. The van der Waals surface area contributed by atoms with Gasteiger partial charge in [0.05, 0.1) is 11.8 Å². The second kappa shape index (κ2) is 8.45. The van der Waals surface area contributed by atoms with E-state index < -0.39 is 6.10 Å². The van der Waals surface area contributed by atoms with Crippen LogP contribution in [-0.4, -0.2) is 40.1 Å². The molecule has 6 unspecified atom stereocenters. The molecule has 5 nitrogen and oxygen atoms in total. The van der Waals surface area contributed by atoms with E-state index in [0.29, 0.717) is 0 Å². The van der Waals surface area contributed by atoms with Gasteiger partial charge in [0.25, 0.3) is 0 Å². The molecule has 6 heteroatoms. The van der Waals surface area contributed by atoms with Crippen LogP contribution in [0.15, 0.2) is 30.3 Å². The summed E-state index contributed by atoms with van der Waals surface area (Å²) in [6, 6.07) is 10.2. The van der Waals surface area contributed by atoms with Crippen molar-refractivity contribution in [3.05, 3.63) is 40.9 Å². The lowest BCUT2D eigenvalue weighted by atomic mass is 9.53. The maximum atomic E-state index is 13.1. The molecular formula is C26H35N3O2S. The van der Waals surface area contributed by atoms with Crippen LogP contribution < -0.4 is 5.32 Å². The SMILES string of the molecule is CC(C(=O)N1CCCC1)C1CCC2(C)Cc3sc(Nc4ccccc4)nc3C(C)C2C1O. The number of thiazole rings is 1. The normalized spacial score (nSPS) is 32.8. The van der Waals surface area contributed by atoms with Gasteiger partial charge in [-0.25, -0.2) is 4.98 Å². The summed E-state index contributed by atoms with van der Waals surface area (Å²) >= 11 is 1.75. The van der Waals surface area contributed by atoms with Gasteiger partial charge >= 0.3 is 0 Å². The third kappa shape index (κ3) is 3.75. The van der Waals surface area contributed by atoms with Crippen molar-refractivity contribution in [2.24, 2.45) is 23.2 Å². The van der Waals surface area contributed by atoms with Gasteiger partial charge in [-0.15, -0.1) is 11.3 Å². The van der Waals surface area contributed by atoms with Crippen LogP contribution in [0.1, 0.15) is 62.9 Å². The molecular weight excluding hydrogens is 418 g/mol. The fraction of sp³-hybridized carbons (Fsp3) is 0.615. The van der Waals surface area contributed by atoms with Crippen LogP contribution >= 0.6 is 11.3 Å². The number of hydrogen-bond acceptors (Lipinski definition) is 5. The van der Waals surface area contributed by atoms with Crippen LogP contribution in [0.3, 0.4) is 0 Å². The Balaban J connectivity index is 1.37. The highest BCUT2D eigenvalue weighted by atomic mass is 32.1. The van der Waals surface area contributed by atoms with Crippen molar-refractivity contribution in [1.82, 2.24) is 9.88 Å². The Labute approximate surface area is 195 Å². The first-order valence-electron chi connectivity index (χ1n) is 12.2. The van der Waals surface area contributed by atoms with Crippen LogP contribution in [0.5, 0.6) is 0 Å². The van der Waals surface area contributed by atoms with Crippen molar-refractivity contribution in [2.45, 2.75) is 64.9 Å². The number of fused-ring (bicyclic) bond motifs is 2. The molecule has 32 heavy (non-hydrogen) atoms. The summed E-state index contributed by atoms with van der Waals surface area (Å²) in [6.07, 6.45) is 4.69. The molecule has 0 bridgehead atoms. The minimum Gasteiger partial charge on any atom is -0.392 e. The number of aliphatic hydroxyl groups is 1. The van der Waals surface area contributed by atoms with E-state index in [0.717, 1.165) is 61.7 Å². The first-order chi connectivity index (χ1) is 15.4. The van der Waals surface area contributed by atoms with Crippen LogP contribution in [-0.2, 0) is 11.2 Å². The van der Waals surface area contributed by atoms with Crippen molar-refractivity contribution in [1.29, 1.82) is 0 Å². The number of hydrogen-bond donors (Lipinski definition) is 2. The molecule has 2 fully saturated rings. The third-order valence-corrected chi connectivity index (χ3v) is 9.38. The van der Waals surface area contributed by atoms with Gasteiger partial charge in [-0.05, 0) is 61.5 Å². The molecule has 1 aromatic heterocycles. The number of carbonyl (C=O) groups excluding carboxylic acids is 1. The molecule has 6 atom stereocenters. The summed E-state index contributed by atoms with van der Waals surface area (Å²) in [5, 5.41) is 16.0. The largest absolute Gasteiger partial charge is 0.392 e. The van der Waals surface area contributed by atoms with E-state index in [9.17, 15) is 9.90 Å². The minimum absolute atomic E-state index is 0.0331. The molecule has 172 valence electrons. The molecule has 2 aliphatic carbocycles. The lowest BCUT2D eigenvalue weighted by Crippen LogP contribution is -2.53. The summed E-state index contributed by atoms with van der Waals surface area (Å²) in [6.45, 7) is 8.37. The van der Waals surface area contributed by atoms with Gasteiger partial charge < -0.3 is 15.3 Å². The average Bonchev–Trinajstić information content (AvgIpc) is 3.43. The van der Waals surface area contributed by atoms with E-state index in [4.69, 9.17) is 4.98 Å². The minimum atomic E-state index is -0.467. The van der Waals surface area contributed by atoms with Crippen LogP contribution in [0.4, 0.5) is 10.8 Å². The standard InChI is InChI=1S/C26H35N3O2S/c1-16(24(31)29-13-7-8-14-29)19-11-12-26(3)15-20-22(17(2)21(26)23(19)30)28-25(32-20)27-18-9-5-4-6-10-18/h4-6,9-10,16-17,19,21,23,30H,7-8,11-15H2,1-3H3,(H,27,28). The van der Waals surface area contributed by atoms with Crippen LogP contribution in [0.2, 0.25) is 0 Å². The Hall–Kier alpha value is -1.92. The fourth-order valence-corrected chi connectivity index (χ4v) is 7.94. The quantitative estimate of drug-likeness (QED) is 0.668. The average molecular weight is 454 g/mol. The van der Waals surface area contributed by atoms with Crippen LogP contribution in [0, 0.1) is 23.2 Å². The smallest absolute Gasteiger partial charge is 0.225 e. The lowest BCUT2D eigenvalue weighted by Gasteiger charge is -2.53. The molecule has 2 N–H and O–H groups in total. The number of nitrogens with zero attached hydrogens (tertiary/aromatic N) is 2. The van der Waals surface area contributed by atoms with Gasteiger partial charge in [0.2, 0.25) is 5.91 Å². The Morgan fingerprint density at radius 2 is 2.00 bits per heavy atom. The van der Waals surface area contributed by atoms with Crippen molar-refractivity contribution in [3.8, 4) is 0 Å². The molecule has 1 saturated heterocycles. The zero-order valence-electron chi connectivity index (χ0n) is 19.4. The number of aliphatic hydroxyl groups excluding tert-OH is 1. The highest BCUT2D eigenvalue weighted by Crippen LogP contribution is 2.57. The van der Waals surface area contributed by atoms with Crippen molar-refractivity contribution < 1.29 is 9.90 Å². The predicted molar refractivity (Wildman–Crippen MR) is 129 cm³/mol. The van der Waals surface area contributed by atoms with E-state index in [1.807, 2.05) is 30.0 Å². The Kier molecular flexibility index (Phi) is 5.79. The zero-order valence-corrected chi connectivity index (χ0v) is 20.2. The lowest BCUT2D eigenvalue weighted by molar-refractivity contribution is -0.143. The second-order valence-corrected chi connectivity index (χ2v) is 11.6. The number of para-hydroxylation sites is 1. The monoisotopic (exact) mass is 453 g/mol. The van der Waals surface area contributed by atoms with Gasteiger partial charge in [-0.3, -0.25) is 4.79 Å². The van der Waals surface area contributed by atoms with Gasteiger partial charge in [0.15, 0.2) is 5.13 Å². The van der Waals surface area contributed by atoms with Crippen molar-refractivity contribution >= 4 is 28.1 Å². The molecule has 2 aromatic rings. The van der Waals surface area contributed by atoms with E-state index >= 15 is 0 Å². The number of rotatable bonds is 4. The molecule has 3 aliphatic rings. The molecule has 1 amide bonds. The molecule has 0 radical (unpaired) electrons. The summed E-state index contributed by atoms with van der Waals surface area (Å²) in [4.78, 5) is 21.4. The fourth-order valence-electron chi connectivity index (χ4n) is 6.65. The van der Waals surface area contributed by atoms with Gasteiger partial charge in [-0.2, -0.15) is 0 Å². The molecule has 1 aliphatic heterocycles. The summed E-state index contributed by atoms with van der Waals surface area (Å²) in [7, 11) is 0. The highest BCUT2D eigenvalue weighted by molar-refractivity contribution is 7.15. The van der Waals surface area contributed by atoms with Crippen molar-refractivity contribution in [2.75, 3.05) is 18.4 Å². The third-order valence-electron chi connectivity index (χ3n) is 8.40. The second-order valence-electron chi connectivity index (χ2n) is 10.5. The predicted octanol–water partition coefficient (Wildman–Crippen LogP) is 5.20. The summed E-state index contributed by atoms with van der Waals surface area (Å²) < 4.78 is 0. The van der Waals surface area contributed by atoms with E-state index in [1.54, 1.807) is 11.3 Å². The number of carbonyl (C=O) groups is 1. The zero-order chi connectivity index (χ0) is 22.5. The van der Waals surface area contributed by atoms with Crippen LogP contribution in [0.25, 0.3) is 0 Å². The molecule has 5 rings (SSSR count). The van der Waals surface area contributed by atoms with E-state index in [2.05, 4.69) is 31.3 Å².